The van der Waals surface area contributed by atoms with Gasteiger partial charge in [-0.1, -0.05) is 12.1 Å². The topological polar surface area (TPSA) is 108 Å². The van der Waals surface area contributed by atoms with Crippen LogP contribution in [0.15, 0.2) is 47.6 Å². The molecule has 1 amide bonds. The van der Waals surface area contributed by atoms with E-state index in [0.29, 0.717) is 11.1 Å². The van der Waals surface area contributed by atoms with Gasteiger partial charge in [0.25, 0.3) is 5.91 Å². The molecule has 0 saturated carbocycles. The van der Waals surface area contributed by atoms with Gasteiger partial charge in [0.2, 0.25) is 0 Å². The molecule has 0 bridgehead atoms. The van der Waals surface area contributed by atoms with Gasteiger partial charge >= 0.3 is 5.97 Å². The molecule has 0 fully saturated rings. The highest BCUT2D eigenvalue weighted by Crippen LogP contribution is 2.22. The Kier molecular flexibility index (Phi) is 4.93. The van der Waals surface area contributed by atoms with E-state index in [0.717, 1.165) is 6.07 Å². The Morgan fingerprint density at radius 3 is 2.43 bits per heavy atom. The van der Waals surface area contributed by atoms with Gasteiger partial charge in [0.1, 0.15) is 11.5 Å². The summed E-state index contributed by atoms with van der Waals surface area (Å²) < 4.78 is 4.59. The number of amides is 1. The summed E-state index contributed by atoms with van der Waals surface area (Å²) in [6.45, 7) is 0. The number of carbonyl (C=O) groups excluding carboxylic acids is 2. The van der Waals surface area contributed by atoms with Gasteiger partial charge in [0, 0.05) is 6.07 Å². The number of methoxy groups -OCH3 is 1. The maximum Gasteiger partial charge on any atom is 0.337 e. The van der Waals surface area contributed by atoms with Crippen molar-refractivity contribution >= 4 is 18.1 Å². The van der Waals surface area contributed by atoms with E-state index in [1.807, 2.05) is 0 Å². The first kappa shape index (κ1) is 16.0. The zero-order valence-electron chi connectivity index (χ0n) is 12.2. The Bertz CT molecular complexity index is 754. The lowest BCUT2D eigenvalue weighted by atomic mass is 10.1. The molecule has 0 heterocycles. The van der Waals surface area contributed by atoms with Crippen molar-refractivity contribution in [3.05, 3.63) is 59.2 Å². The molecule has 0 spiro atoms. The van der Waals surface area contributed by atoms with E-state index in [1.165, 1.54) is 25.5 Å². The summed E-state index contributed by atoms with van der Waals surface area (Å²) >= 11 is 0. The fourth-order valence-corrected chi connectivity index (χ4v) is 1.76. The Labute approximate surface area is 131 Å². The average Bonchev–Trinajstić information content (AvgIpc) is 2.54. The first-order valence-corrected chi connectivity index (χ1v) is 6.55. The Morgan fingerprint density at radius 2 is 1.83 bits per heavy atom. The normalized spacial score (nSPS) is 10.5. The van der Waals surface area contributed by atoms with Crippen molar-refractivity contribution in [2.75, 3.05) is 7.11 Å². The fraction of sp³-hybridized carbons (Fsp3) is 0.0625. The van der Waals surface area contributed by atoms with Gasteiger partial charge in [-0.25, -0.2) is 10.2 Å². The fourth-order valence-electron chi connectivity index (χ4n) is 1.76. The van der Waals surface area contributed by atoms with E-state index in [4.69, 9.17) is 5.11 Å². The minimum Gasteiger partial charge on any atom is -0.508 e. The second-order valence-corrected chi connectivity index (χ2v) is 4.51. The van der Waals surface area contributed by atoms with E-state index in [1.54, 1.807) is 24.3 Å². The molecular weight excluding hydrogens is 300 g/mol. The predicted molar refractivity (Wildman–Crippen MR) is 82.6 cm³/mol. The van der Waals surface area contributed by atoms with E-state index >= 15 is 0 Å². The van der Waals surface area contributed by atoms with Crippen LogP contribution in [0.2, 0.25) is 0 Å². The summed E-state index contributed by atoms with van der Waals surface area (Å²) in [5.74, 6) is -1.55. The van der Waals surface area contributed by atoms with Crippen LogP contribution < -0.4 is 5.43 Å². The molecule has 23 heavy (non-hydrogen) atoms. The van der Waals surface area contributed by atoms with Crippen LogP contribution in [-0.2, 0) is 4.74 Å². The molecule has 118 valence electrons. The maximum atomic E-state index is 11.8. The van der Waals surface area contributed by atoms with Crippen LogP contribution in [0.5, 0.6) is 11.5 Å². The smallest absolute Gasteiger partial charge is 0.337 e. The number of nitrogens with zero attached hydrogens (tertiary/aromatic N) is 1. The highest BCUT2D eigenvalue weighted by molar-refractivity contribution is 5.97. The van der Waals surface area contributed by atoms with Crippen LogP contribution >= 0.6 is 0 Å². The van der Waals surface area contributed by atoms with E-state index < -0.39 is 11.9 Å². The third-order valence-electron chi connectivity index (χ3n) is 2.94. The molecule has 2 rings (SSSR count). The molecule has 7 heteroatoms. The lowest BCUT2D eigenvalue weighted by Crippen LogP contribution is -2.17. The third-order valence-corrected chi connectivity index (χ3v) is 2.94. The number of esters is 1. The molecule has 0 saturated heterocycles. The van der Waals surface area contributed by atoms with Gasteiger partial charge in [-0.15, -0.1) is 0 Å². The molecule has 2 aromatic carbocycles. The van der Waals surface area contributed by atoms with Crippen LogP contribution in [0.3, 0.4) is 0 Å². The van der Waals surface area contributed by atoms with Crippen LogP contribution in [0, 0.1) is 0 Å². The summed E-state index contributed by atoms with van der Waals surface area (Å²) in [5.41, 5.74) is 3.31. The quantitative estimate of drug-likeness (QED) is 0.452. The van der Waals surface area contributed by atoms with Crippen molar-refractivity contribution in [2.24, 2.45) is 5.10 Å². The van der Waals surface area contributed by atoms with Gasteiger partial charge in [0.05, 0.1) is 24.5 Å². The molecule has 0 atom stereocenters. The van der Waals surface area contributed by atoms with Crippen molar-refractivity contribution in [3.63, 3.8) is 0 Å². The SMILES string of the molecule is COC(=O)c1ccc(/C=N/NC(=O)c2ccc(O)cc2O)cc1. The summed E-state index contributed by atoms with van der Waals surface area (Å²) in [4.78, 5) is 23.1. The second kappa shape index (κ2) is 7.08. The standard InChI is InChI=1S/C16H14N2O5/c1-23-16(22)11-4-2-10(3-5-11)9-17-18-15(21)13-7-6-12(19)8-14(13)20/h2-9,19-20H,1H3,(H,18,21)/b17-9+. The number of rotatable bonds is 4. The van der Waals surface area contributed by atoms with Crippen LogP contribution in [0.1, 0.15) is 26.3 Å². The lowest BCUT2D eigenvalue weighted by molar-refractivity contribution is 0.0600. The van der Waals surface area contributed by atoms with Gasteiger partial charge in [-0.3, -0.25) is 4.79 Å². The number of nitrogens with one attached hydrogen (secondary N) is 1. The van der Waals surface area contributed by atoms with Crippen molar-refractivity contribution in [1.29, 1.82) is 0 Å². The third kappa shape index (κ3) is 4.07. The molecule has 0 unspecified atom stereocenters. The second-order valence-electron chi connectivity index (χ2n) is 4.51. The van der Waals surface area contributed by atoms with E-state index in [2.05, 4.69) is 15.3 Å². The van der Waals surface area contributed by atoms with Gasteiger partial charge < -0.3 is 14.9 Å². The van der Waals surface area contributed by atoms with Crippen LogP contribution in [0.4, 0.5) is 0 Å². The lowest BCUT2D eigenvalue weighted by Gasteiger charge is -2.03. The monoisotopic (exact) mass is 314 g/mol. The van der Waals surface area contributed by atoms with Gasteiger partial charge in [0.15, 0.2) is 0 Å². The minimum absolute atomic E-state index is 0.0130. The van der Waals surface area contributed by atoms with Crippen molar-refractivity contribution in [1.82, 2.24) is 5.43 Å². The largest absolute Gasteiger partial charge is 0.508 e. The van der Waals surface area contributed by atoms with Crippen LogP contribution in [-0.4, -0.2) is 35.4 Å². The van der Waals surface area contributed by atoms with Crippen molar-refractivity contribution in [2.45, 2.75) is 0 Å². The van der Waals surface area contributed by atoms with Gasteiger partial charge in [-0.2, -0.15) is 5.10 Å². The molecule has 0 aliphatic heterocycles. The number of hydrogen-bond acceptors (Lipinski definition) is 6. The molecule has 7 nitrogen and oxygen atoms in total. The van der Waals surface area contributed by atoms with Gasteiger partial charge in [-0.05, 0) is 29.8 Å². The zero-order chi connectivity index (χ0) is 16.8. The summed E-state index contributed by atoms with van der Waals surface area (Å²) in [7, 11) is 1.30. The molecule has 0 aromatic heterocycles. The van der Waals surface area contributed by atoms with E-state index in [-0.39, 0.29) is 17.1 Å². The number of benzene rings is 2. The molecular formula is C16H14N2O5. The summed E-state index contributed by atoms with van der Waals surface area (Å²) in [5, 5.41) is 22.5. The number of phenols is 2. The zero-order valence-corrected chi connectivity index (χ0v) is 12.2. The summed E-state index contributed by atoms with van der Waals surface area (Å²) in [6, 6.07) is 10.0. The number of hydrogen-bond donors (Lipinski definition) is 3. The number of hydrazone groups is 1. The highest BCUT2D eigenvalue weighted by Gasteiger charge is 2.10. The highest BCUT2D eigenvalue weighted by atomic mass is 16.5. The maximum absolute atomic E-state index is 11.8. The number of phenolic OH excluding ortho intramolecular Hbond substituents is 2. The van der Waals surface area contributed by atoms with Crippen LogP contribution in [0.25, 0.3) is 0 Å². The molecule has 0 aliphatic carbocycles. The number of carbonyl (C=O) groups is 2. The number of ether oxygens (including phenoxy) is 1. The van der Waals surface area contributed by atoms with E-state index in [9.17, 15) is 14.7 Å². The van der Waals surface area contributed by atoms with Crippen molar-refractivity contribution in [3.8, 4) is 11.5 Å². The molecule has 2 aromatic rings. The first-order valence-electron chi connectivity index (χ1n) is 6.55. The predicted octanol–water partition coefficient (Wildman–Crippen LogP) is 1.65. The number of aromatic hydroxyl groups is 2. The molecule has 0 aliphatic rings. The molecule has 3 N–H and O–H groups in total. The average molecular weight is 314 g/mol. The Hall–Kier alpha value is -3.35. The Balaban J connectivity index is 2.01. The Morgan fingerprint density at radius 1 is 1.13 bits per heavy atom. The minimum atomic E-state index is -0.620. The summed E-state index contributed by atoms with van der Waals surface area (Å²) in [6.07, 6.45) is 1.39. The molecule has 0 radical (unpaired) electrons. The van der Waals surface area contributed by atoms with Crippen molar-refractivity contribution < 1.29 is 24.5 Å². The first-order chi connectivity index (χ1) is 11.0.